The van der Waals surface area contributed by atoms with E-state index in [1.807, 2.05) is 0 Å². The number of carbonyl (C=O) groups excluding carboxylic acids is 2. The molecule has 43 heavy (non-hydrogen) atoms. The Hall–Kier alpha value is -4.68. The van der Waals surface area contributed by atoms with Crippen LogP contribution in [0.2, 0.25) is 5.02 Å². The summed E-state index contributed by atoms with van der Waals surface area (Å²) in [5, 5.41) is 11.2. The van der Waals surface area contributed by atoms with Gasteiger partial charge < -0.3 is 9.52 Å². The molecule has 0 spiro atoms. The van der Waals surface area contributed by atoms with E-state index in [0.717, 1.165) is 9.58 Å². The monoisotopic (exact) mass is 605 g/mol. The molecular weight excluding hydrogens is 581 g/mol. The number of aromatic nitrogens is 3. The van der Waals surface area contributed by atoms with Crippen molar-refractivity contribution < 1.29 is 23.5 Å². The van der Waals surface area contributed by atoms with Crippen molar-refractivity contribution in [3.05, 3.63) is 121 Å². The molecule has 11 nitrogen and oxygen atoms in total. The van der Waals surface area contributed by atoms with Crippen LogP contribution in [0.4, 0.5) is 10.1 Å². The van der Waals surface area contributed by atoms with E-state index in [0.29, 0.717) is 27.6 Å². The predicted molar refractivity (Wildman–Crippen MR) is 152 cm³/mol. The average molecular weight is 606 g/mol. The summed E-state index contributed by atoms with van der Waals surface area (Å²) in [4.78, 5) is 55.4. The molecule has 220 valence electrons. The largest absolute Gasteiger partial charge is 0.463 e. The molecular formula is C30H25ClFN5O6. The first kappa shape index (κ1) is 27.2. The Kier molecular flexibility index (Phi) is 6.12. The van der Waals surface area contributed by atoms with Gasteiger partial charge in [-0.2, -0.15) is 5.01 Å². The minimum atomic E-state index is -1.57. The molecule has 2 aliphatic heterocycles. The third-order valence-corrected chi connectivity index (χ3v) is 9.09. The lowest BCUT2D eigenvalue weighted by Crippen LogP contribution is -2.53. The second-order valence-electron chi connectivity index (χ2n) is 10.9. The molecule has 0 bridgehead atoms. The van der Waals surface area contributed by atoms with E-state index in [2.05, 4.69) is 5.43 Å². The zero-order valence-electron chi connectivity index (χ0n) is 22.7. The van der Waals surface area contributed by atoms with Gasteiger partial charge in [0.1, 0.15) is 29.4 Å². The molecule has 4 heterocycles. The van der Waals surface area contributed by atoms with E-state index in [9.17, 15) is 28.7 Å². The van der Waals surface area contributed by atoms with Crippen molar-refractivity contribution in [3.8, 4) is 0 Å². The minimum Gasteiger partial charge on any atom is -0.463 e. The van der Waals surface area contributed by atoms with Gasteiger partial charge in [-0.15, -0.1) is 0 Å². The number of nitrogens with zero attached hydrogens (tertiary/aromatic N) is 4. The van der Waals surface area contributed by atoms with Crippen LogP contribution in [-0.2, 0) is 35.2 Å². The molecule has 0 radical (unpaired) electrons. The Balaban J connectivity index is 1.49. The number of imide groups is 1. The molecule has 4 atom stereocenters. The standard InChI is InChI=1S/C30H25ClFN5O6/c1-34-28(41)35-13-12-21-23(37(35)29(34)42)14-22-26(39)36(33-19-8-6-18(32)7-9-19)27(40)30(22,16-2-4-17(31)5-3-16)25(21)24-11-10-20(15-38)43-24/h2-12,22-23,25,33,38H,13-15H2,1H3. The molecule has 3 aliphatic rings. The van der Waals surface area contributed by atoms with Gasteiger partial charge in [0, 0.05) is 12.1 Å². The minimum absolute atomic E-state index is 0.0219. The number of aliphatic hydroxyl groups is 1. The lowest BCUT2D eigenvalue weighted by molar-refractivity contribution is -0.138. The Bertz CT molecular complexity index is 1940. The normalized spacial score (nSPS) is 24.4. The number of hydrogen-bond acceptors (Lipinski definition) is 7. The van der Waals surface area contributed by atoms with Crippen LogP contribution in [0, 0.1) is 11.7 Å². The van der Waals surface area contributed by atoms with Crippen molar-refractivity contribution in [2.24, 2.45) is 13.0 Å². The van der Waals surface area contributed by atoms with E-state index < -0.39 is 58.9 Å². The number of nitrogens with one attached hydrogen (secondary N) is 1. The van der Waals surface area contributed by atoms with E-state index >= 15 is 0 Å². The molecule has 13 heteroatoms. The van der Waals surface area contributed by atoms with Crippen LogP contribution < -0.4 is 16.8 Å². The molecule has 1 aliphatic carbocycles. The summed E-state index contributed by atoms with van der Waals surface area (Å²) in [5.74, 6) is -3.01. The molecule has 4 unspecified atom stereocenters. The molecule has 7 rings (SSSR count). The van der Waals surface area contributed by atoms with Gasteiger partial charge in [-0.3, -0.25) is 15.0 Å². The second-order valence-corrected chi connectivity index (χ2v) is 11.4. The Labute approximate surface area is 248 Å². The van der Waals surface area contributed by atoms with Crippen LogP contribution in [0.15, 0.2) is 86.3 Å². The zero-order chi connectivity index (χ0) is 30.2. The van der Waals surface area contributed by atoms with Gasteiger partial charge in [-0.05, 0) is 66.1 Å². The number of benzene rings is 2. The smallest absolute Gasteiger partial charge is 0.347 e. The summed E-state index contributed by atoms with van der Waals surface area (Å²) >= 11 is 6.25. The first-order chi connectivity index (χ1) is 20.7. The van der Waals surface area contributed by atoms with Crippen molar-refractivity contribution in [3.63, 3.8) is 0 Å². The van der Waals surface area contributed by atoms with Gasteiger partial charge in [-0.1, -0.05) is 29.8 Å². The number of rotatable bonds is 5. The number of amides is 2. The van der Waals surface area contributed by atoms with Crippen LogP contribution in [0.3, 0.4) is 0 Å². The number of aliphatic hydroxyl groups excluding tert-OH is 1. The van der Waals surface area contributed by atoms with Gasteiger partial charge in [-0.25, -0.2) is 27.9 Å². The molecule has 2 aromatic carbocycles. The van der Waals surface area contributed by atoms with E-state index in [1.165, 1.54) is 40.7 Å². The van der Waals surface area contributed by atoms with Crippen molar-refractivity contribution in [2.45, 2.75) is 36.9 Å². The maximum absolute atomic E-state index is 14.8. The molecule has 2 amide bonds. The lowest BCUT2D eigenvalue weighted by Gasteiger charge is -2.47. The van der Waals surface area contributed by atoms with Gasteiger partial charge >= 0.3 is 11.4 Å². The van der Waals surface area contributed by atoms with Gasteiger partial charge in [0.2, 0.25) is 0 Å². The molecule has 1 saturated heterocycles. The maximum Gasteiger partial charge on any atom is 0.347 e. The van der Waals surface area contributed by atoms with Crippen LogP contribution >= 0.6 is 11.6 Å². The fraction of sp³-hybridized carbons (Fsp3) is 0.267. The summed E-state index contributed by atoms with van der Waals surface area (Å²) in [7, 11) is 1.39. The highest BCUT2D eigenvalue weighted by atomic mass is 35.5. The molecule has 1 saturated carbocycles. The highest BCUT2D eigenvalue weighted by Gasteiger charge is 2.69. The lowest BCUT2D eigenvalue weighted by atomic mass is 9.54. The van der Waals surface area contributed by atoms with Gasteiger partial charge in [0.15, 0.2) is 0 Å². The fourth-order valence-corrected chi connectivity index (χ4v) is 7.09. The number of furan rings is 1. The first-order valence-corrected chi connectivity index (χ1v) is 14.0. The third-order valence-electron chi connectivity index (χ3n) is 8.83. The molecule has 4 aromatic rings. The fourth-order valence-electron chi connectivity index (χ4n) is 6.97. The average Bonchev–Trinajstić information content (AvgIpc) is 3.64. The molecule has 2 aromatic heterocycles. The molecule has 2 fully saturated rings. The maximum atomic E-state index is 14.8. The number of halogens is 2. The number of hydrogen-bond donors (Lipinski definition) is 2. The zero-order valence-corrected chi connectivity index (χ0v) is 23.5. The Morgan fingerprint density at radius 3 is 2.42 bits per heavy atom. The van der Waals surface area contributed by atoms with E-state index in [1.54, 1.807) is 42.5 Å². The van der Waals surface area contributed by atoms with Crippen molar-refractivity contribution in [1.82, 2.24) is 18.9 Å². The van der Waals surface area contributed by atoms with E-state index in [-0.39, 0.29) is 18.7 Å². The van der Waals surface area contributed by atoms with Crippen LogP contribution in [0.1, 0.15) is 35.5 Å². The topological polar surface area (TPSA) is 132 Å². The first-order valence-electron chi connectivity index (χ1n) is 13.6. The summed E-state index contributed by atoms with van der Waals surface area (Å²) < 4.78 is 23.4. The highest BCUT2D eigenvalue weighted by molar-refractivity contribution is 6.30. The van der Waals surface area contributed by atoms with Crippen molar-refractivity contribution in [2.75, 3.05) is 5.43 Å². The second kappa shape index (κ2) is 9.68. The predicted octanol–water partition coefficient (Wildman–Crippen LogP) is 2.85. The van der Waals surface area contributed by atoms with Gasteiger partial charge in [0.05, 0.1) is 30.1 Å². The van der Waals surface area contributed by atoms with Crippen LogP contribution in [0.25, 0.3) is 0 Å². The van der Waals surface area contributed by atoms with Crippen molar-refractivity contribution in [1.29, 1.82) is 0 Å². The van der Waals surface area contributed by atoms with Gasteiger partial charge in [0.25, 0.3) is 11.8 Å². The number of anilines is 1. The SMILES string of the molecule is Cn1c(=O)n2n(c1=O)C1CC3C(=O)N(Nc4ccc(F)cc4)C(=O)C3(c3ccc(Cl)cc3)C(c3ccc(CO)o3)C1=CC2. The summed E-state index contributed by atoms with van der Waals surface area (Å²) in [6.45, 7) is -0.332. The number of hydrazine groups is 1. The number of fused-ring (bicyclic) bond motifs is 4. The summed E-state index contributed by atoms with van der Waals surface area (Å²) in [6, 6.07) is 14.4. The summed E-state index contributed by atoms with van der Waals surface area (Å²) in [5.41, 5.74) is 1.69. The Morgan fingerprint density at radius 1 is 1.02 bits per heavy atom. The van der Waals surface area contributed by atoms with Crippen molar-refractivity contribution >= 4 is 29.1 Å². The number of allylic oxidation sites excluding steroid dienone is 2. The highest BCUT2D eigenvalue weighted by Crippen LogP contribution is 2.62. The van der Waals surface area contributed by atoms with Crippen LogP contribution in [0.5, 0.6) is 0 Å². The third kappa shape index (κ3) is 3.76. The van der Waals surface area contributed by atoms with Crippen LogP contribution in [-0.4, -0.2) is 35.9 Å². The summed E-state index contributed by atoms with van der Waals surface area (Å²) in [6.07, 6.45) is 1.83. The Morgan fingerprint density at radius 2 is 1.74 bits per heavy atom. The quantitative estimate of drug-likeness (QED) is 0.264. The molecule has 2 N–H and O–H groups in total. The number of carbonyl (C=O) groups is 2. The van der Waals surface area contributed by atoms with E-state index in [4.69, 9.17) is 16.0 Å².